The second kappa shape index (κ2) is 9.63. The predicted octanol–water partition coefficient (Wildman–Crippen LogP) is 6.75. The fraction of sp³-hybridized carbons (Fsp3) is 0.400. The lowest BCUT2D eigenvalue weighted by molar-refractivity contribution is 0.0996. The van der Waals surface area contributed by atoms with Gasteiger partial charge in [0, 0.05) is 15.3 Å². The maximum Gasteiger partial charge on any atom is 0.291 e. The Balaban J connectivity index is 1.75. The van der Waals surface area contributed by atoms with Crippen LogP contribution in [-0.2, 0) is 0 Å². The zero-order valence-electron chi connectivity index (χ0n) is 18.6. The Bertz CT molecular complexity index is 1020. The molecule has 0 bridgehead atoms. The van der Waals surface area contributed by atoms with Gasteiger partial charge in [-0.2, -0.15) is 0 Å². The maximum absolute atomic E-state index is 12.8. The Hall–Kier alpha value is -2.02. The van der Waals surface area contributed by atoms with Crippen molar-refractivity contribution in [3.63, 3.8) is 0 Å². The van der Waals surface area contributed by atoms with Crippen LogP contribution in [-0.4, -0.2) is 30.2 Å². The number of thioether (sulfide) groups is 1. The van der Waals surface area contributed by atoms with Crippen molar-refractivity contribution >= 4 is 34.0 Å². The van der Waals surface area contributed by atoms with Crippen LogP contribution < -0.4 is 5.32 Å². The number of carbonyl (C=O) groups is 1. The van der Waals surface area contributed by atoms with E-state index in [9.17, 15) is 4.79 Å². The largest absolute Gasteiger partial charge is 0.459 e. The van der Waals surface area contributed by atoms with E-state index in [0.717, 1.165) is 24.0 Å². The fourth-order valence-electron chi connectivity index (χ4n) is 4.27. The maximum atomic E-state index is 12.8. The van der Waals surface area contributed by atoms with E-state index in [1.165, 1.54) is 45.6 Å². The van der Waals surface area contributed by atoms with E-state index in [4.69, 9.17) is 4.42 Å². The zero-order chi connectivity index (χ0) is 22.0. The number of benzene rings is 1. The Kier molecular flexibility index (Phi) is 6.89. The van der Waals surface area contributed by atoms with Gasteiger partial charge in [0.2, 0.25) is 0 Å². The molecule has 1 unspecified atom stereocenters. The van der Waals surface area contributed by atoms with Crippen molar-refractivity contribution in [3.8, 4) is 0 Å². The van der Waals surface area contributed by atoms with E-state index < -0.39 is 0 Å². The van der Waals surface area contributed by atoms with Gasteiger partial charge in [0.25, 0.3) is 5.91 Å². The molecule has 3 heterocycles. The third-order valence-electron chi connectivity index (χ3n) is 6.29. The third-order valence-corrected chi connectivity index (χ3v) is 8.17. The normalized spacial score (nSPS) is 16.4. The van der Waals surface area contributed by atoms with E-state index in [1.807, 2.05) is 0 Å². The molecule has 3 aromatic rings. The minimum absolute atomic E-state index is 0.125. The molecule has 1 aliphatic heterocycles. The summed E-state index contributed by atoms with van der Waals surface area (Å²) in [5.41, 5.74) is 3.76. The van der Waals surface area contributed by atoms with E-state index in [-0.39, 0.29) is 11.9 Å². The number of hydrogen-bond donors (Lipinski definition) is 1. The SMILES string of the molecule is CSc1ccc(C(c2c(NC(=O)c3ccco3)sc(C)c2C)N2CCC(C)CC2)cc1. The fourth-order valence-corrected chi connectivity index (χ4v) is 5.77. The molecule has 1 aliphatic rings. The van der Waals surface area contributed by atoms with Gasteiger partial charge in [-0.05, 0) is 87.3 Å². The second-order valence-electron chi connectivity index (χ2n) is 8.35. The van der Waals surface area contributed by atoms with Crippen molar-refractivity contribution < 1.29 is 9.21 Å². The van der Waals surface area contributed by atoms with Crippen molar-refractivity contribution in [2.24, 2.45) is 5.92 Å². The van der Waals surface area contributed by atoms with E-state index in [2.05, 4.69) is 61.5 Å². The third kappa shape index (κ3) is 4.76. The summed E-state index contributed by atoms with van der Waals surface area (Å²) in [5, 5.41) is 4.08. The van der Waals surface area contributed by atoms with Crippen molar-refractivity contribution in [1.29, 1.82) is 0 Å². The van der Waals surface area contributed by atoms with Crippen LogP contribution in [0.4, 0.5) is 5.00 Å². The lowest BCUT2D eigenvalue weighted by Gasteiger charge is -2.38. The molecule has 1 saturated heterocycles. The summed E-state index contributed by atoms with van der Waals surface area (Å²) in [6.45, 7) is 8.79. The van der Waals surface area contributed by atoms with Crippen LogP contribution in [0, 0.1) is 19.8 Å². The molecule has 1 fully saturated rings. The van der Waals surface area contributed by atoms with Crippen molar-refractivity contribution in [3.05, 3.63) is 70.0 Å². The molecule has 2 aromatic heterocycles. The topological polar surface area (TPSA) is 45.5 Å². The monoisotopic (exact) mass is 454 g/mol. The molecule has 4 rings (SSSR count). The second-order valence-corrected chi connectivity index (χ2v) is 10.5. The average Bonchev–Trinajstić information content (AvgIpc) is 3.40. The highest BCUT2D eigenvalue weighted by atomic mass is 32.2. The molecule has 0 spiro atoms. The van der Waals surface area contributed by atoms with E-state index in [0.29, 0.717) is 5.76 Å². The number of furan rings is 1. The first-order chi connectivity index (χ1) is 15.0. The molecule has 1 amide bonds. The van der Waals surface area contributed by atoms with Crippen LogP contribution in [0.15, 0.2) is 52.0 Å². The molecule has 0 radical (unpaired) electrons. The van der Waals surface area contributed by atoms with Crippen LogP contribution >= 0.6 is 23.1 Å². The number of hydrogen-bond acceptors (Lipinski definition) is 5. The predicted molar refractivity (Wildman–Crippen MR) is 130 cm³/mol. The van der Waals surface area contributed by atoms with Crippen LogP contribution in [0.1, 0.15) is 57.9 Å². The lowest BCUT2D eigenvalue weighted by Crippen LogP contribution is -2.37. The summed E-state index contributed by atoms with van der Waals surface area (Å²) < 4.78 is 5.32. The van der Waals surface area contributed by atoms with Gasteiger partial charge >= 0.3 is 0 Å². The number of carbonyl (C=O) groups excluding carboxylic acids is 1. The summed E-state index contributed by atoms with van der Waals surface area (Å²) in [5.74, 6) is 0.901. The first kappa shape index (κ1) is 22.2. The molecule has 0 saturated carbocycles. The highest BCUT2D eigenvalue weighted by molar-refractivity contribution is 7.98. The van der Waals surface area contributed by atoms with Gasteiger partial charge in [0.05, 0.1) is 12.3 Å². The first-order valence-electron chi connectivity index (χ1n) is 10.8. The highest BCUT2D eigenvalue weighted by Gasteiger charge is 2.31. The molecule has 1 atom stereocenters. The highest BCUT2D eigenvalue weighted by Crippen LogP contribution is 2.43. The summed E-state index contributed by atoms with van der Waals surface area (Å²) in [6, 6.07) is 12.5. The van der Waals surface area contributed by atoms with Gasteiger partial charge in [-0.25, -0.2) is 0 Å². The van der Waals surface area contributed by atoms with Gasteiger partial charge < -0.3 is 9.73 Å². The average molecular weight is 455 g/mol. The van der Waals surface area contributed by atoms with Crippen LogP contribution in [0.3, 0.4) is 0 Å². The van der Waals surface area contributed by atoms with Gasteiger partial charge in [0.15, 0.2) is 5.76 Å². The molecule has 4 nitrogen and oxygen atoms in total. The Labute approximate surface area is 193 Å². The van der Waals surface area contributed by atoms with E-state index >= 15 is 0 Å². The first-order valence-corrected chi connectivity index (χ1v) is 12.8. The van der Waals surface area contributed by atoms with Gasteiger partial charge in [0.1, 0.15) is 5.00 Å². The number of thiophene rings is 1. The number of amides is 1. The van der Waals surface area contributed by atoms with Crippen molar-refractivity contribution in [2.45, 2.75) is 44.6 Å². The quantitative estimate of drug-likeness (QED) is 0.418. The molecule has 164 valence electrons. The Morgan fingerprint density at radius 1 is 1.19 bits per heavy atom. The number of nitrogens with zero attached hydrogens (tertiary/aromatic N) is 1. The molecule has 31 heavy (non-hydrogen) atoms. The lowest BCUT2D eigenvalue weighted by atomic mass is 9.91. The van der Waals surface area contributed by atoms with Crippen molar-refractivity contribution in [1.82, 2.24) is 4.90 Å². The Morgan fingerprint density at radius 3 is 2.52 bits per heavy atom. The summed E-state index contributed by atoms with van der Waals surface area (Å²) >= 11 is 3.42. The minimum Gasteiger partial charge on any atom is -0.459 e. The molecule has 6 heteroatoms. The van der Waals surface area contributed by atoms with Gasteiger partial charge in [-0.15, -0.1) is 23.1 Å². The number of nitrogens with one attached hydrogen (secondary N) is 1. The summed E-state index contributed by atoms with van der Waals surface area (Å²) in [4.78, 5) is 17.9. The molecular weight excluding hydrogens is 424 g/mol. The number of likely N-dealkylation sites (tertiary alicyclic amines) is 1. The molecule has 1 N–H and O–H groups in total. The Morgan fingerprint density at radius 2 is 1.90 bits per heavy atom. The van der Waals surface area contributed by atoms with Crippen LogP contribution in [0.2, 0.25) is 0 Å². The van der Waals surface area contributed by atoms with Gasteiger partial charge in [-0.3, -0.25) is 9.69 Å². The van der Waals surface area contributed by atoms with Gasteiger partial charge in [-0.1, -0.05) is 19.1 Å². The van der Waals surface area contributed by atoms with Crippen LogP contribution in [0.25, 0.3) is 0 Å². The number of rotatable bonds is 6. The summed E-state index contributed by atoms with van der Waals surface area (Å²) in [6.07, 6.45) is 6.05. The summed E-state index contributed by atoms with van der Waals surface area (Å²) in [7, 11) is 0. The molecule has 1 aromatic carbocycles. The molecular formula is C25H30N2O2S2. The van der Waals surface area contributed by atoms with Crippen molar-refractivity contribution in [2.75, 3.05) is 24.7 Å². The van der Waals surface area contributed by atoms with E-state index in [1.54, 1.807) is 35.2 Å². The smallest absolute Gasteiger partial charge is 0.291 e. The minimum atomic E-state index is -0.198. The number of aryl methyl sites for hydroxylation is 1. The molecule has 0 aliphatic carbocycles. The number of piperidine rings is 1. The number of anilines is 1. The van der Waals surface area contributed by atoms with Crippen LogP contribution in [0.5, 0.6) is 0 Å². The zero-order valence-corrected chi connectivity index (χ0v) is 20.2. The standard InChI is InChI=1S/C25H30N2O2S2/c1-16-11-13-27(14-12-16)23(19-7-9-20(30-4)10-8-19)22-17(2)18(3)31-25(22)26-24(28)21-6-5-15-29-21/h5-10,15-16,23H,11-14H2,1-4H3,(H,26,28).